The van der Waals surface area contributed by atoms with E-state index in [1.807, 2.05) is 25.1 Å². The summed E-state index contributed by atoms with van der Waals surface area (Å²) in [5.74, 6) is -0.158. The molecule has 0 bridgehead atoms. The highest BCUT2D eigenvalue weighted by Gasteiger charge is 2.55. The van der Waals surface area contributed by atoms with E-state index >= 15 is 0 Å². The van der Waals surface area contributed by atoms with Crippen molar-refractivity contribution in [2.45, 2.75) is 19.0 Å². The minimum absolute atomic E-state index is 0.348. The smallest absolute Gasteiger partial charge is 0.263 e. The van der Waals surface area contributed by atoms with E-state index in [2.05, 4.69) is 26.3 Å². The topological polar surface area (TPSA) is 74.6 Å². The highest BCUT2D eigenvalue weighted by Crippen LogP contribution is 2.36. The molecule has 0 saturated carbocycles. The molecule has 0 spiro atoms. The van der Waals surface area contributed by atoms with Gasteiger partial charge in [-0.2, -0.15) is 5.11 Å². The second-order valence-electron chi connectivity index (χ2n) is 6.09. The molecule has 1 fully saturated rings. The molecule has 0 aliphatic carbocycles. The summed E-state index contributed by atoms with van der Waals surface area (Å²) < 4.78 is 6.15. The highest BCUT2D eigenvalue weighted by atomic mass is 79.9. The Bertz CT molecular complexity index is 946. The Morgan fingerprint density at radius 1 is 1.08 bits per heavy atom. The molecule has 2 atom stereocenters. The number of fused-ring (bicyclic) bond motifs is 1. The van der Waals surface area contributed by atoms with Crippen LogP contribution in [0.1, 0.15) is 5.56 Å². The first kappa shape index (κ1) is 16.7. The van der Waals surface area contributed by atoms with Crippen molar-refractivity contribution in [1.82, 2.24) is 0 Å². The molecule has 7 nitrogen and oxygen atoms in total. The molecule has 0 aromatic heterocycles. The van der Waals surface area contributed by atoms with Crippen molar-refractivity contribution in [3.05, 3.63) is 52.5 Å². The van der Waals surface area contributed by atoms with Gasteiger partial charge in [-0.05, 0) is 42.8 Å². The minimum Gasteiger partial charge on any atom is -0.497 e. The number of hydrogen-bond acceptors (Lipinski definition) is 6. The van der Waals surface area contributed by atoms with E-state index in [-0.39, 0.29) is 11.8 Å². The van der Waals surface area contributed by atoms with Crippen molar-refractivity contribution in [3.8, 4) is 5.75 Å². The Morgan fingerprint density at radius 2 is 1.88 bits per heavy atom. The fraction of sp³-hybridized carbons (Fsp3) is 0.222. The summed E-state index contributed by atoms with van der Waals surface area (Å²) in [5.41, 5.74) is 2.19. The predicted molar refractivity (Wildman–Crippen MR) is 99.3 cm³/mol. The lowest BCUT2D eigenvalue weighted by Crippen LogP contribution is -2.39. The largest absolute Gasteiger partial charge is 0.497 e. The van der Waals surface area contributed by atoms with Crippen LogP contribution in [0.15, 0.2) is 57.3 Å². The highest BCUT2D eigenvalue weighted by molar-refractivity contribution is 9.10. The average Bonchev–Trinajstić information content (AvgIpc) is 3.18. The summed E-state index contributed by atoms with van der Waals surface area (Å²) in [7, 11) is 1.54. The second-order valence-corrected chi connectivity index (χ2v) is 6.94. The van der Waals surface area contributed by atoms with Crippen molar-refractivity contribution in [1.29, 1.82) is 0 Å². The van der Waals surface area contributed by atoms with Gasteiger partial charge in [0, 0.05) is 10.5 Å². The maximum absolute atomic E-state index is 13.0. The third-order valence-electron chi connectivity index (χ3n) is 4.50. The molecule has 26 heavy (non-hydrogen) atoms. The summed E-state index contributed by atoms with van der Waals surface area (Å²) in [6.07, 6.45) is 0. The molecule has 2 aromatic carbocycles. The quantitative estimate of drug-likeness (QED) is 0.722. The Hall–Kier alpha value is -2.74. The fourth-order valence-electron chi connectivity index (χ4n) is 3.15. The molecule has 2 aliphatic rings. The number of ether oxygens (including phenoxy) is 1. The number of carbonyl (C=O) groups is 2. The van der Waals surface area contributed by atoms with Gasteiger partial charge in [0.2, 0.25) is 0 Å². The molecule has 4 rings (SSSR count). The van der Waals surface area contributed by atoms with Gasteiger partial charge in [-0.25, -0.2) is 9.91 Å². The number of anilines is 2. The van der Waals surface area contributed by atoms with E-state index in [9.17, 15) is 9.59 Å². The van der Waals surface area contributed by atoms with Gasteiger partial charge in [0.25, 0.3) is 11.8 Å². The van der Waals surface area contributed by atoms with Crippen LogP contribution in [0.4, 0.5) is 11.4 Å². The van der Waals surface area contributed by atoms with E-state index < -0.39 is 12.1 Å². The van der Waals surface area contributed by atoms with Crippen molar-refractivity contribution < 1.29 is 14.3 Å². The molecular formula is C18H15BrN4O3. The van der Waals surface area contributed by atoms with Crippen LogP contribution >= 0.6 is 15.9 Å². The lowest BCUT2D eigenvalue weighted by Gasteiger charge is -2.21. The zero-order chi connectivity index (χ0) is 18.4. The van der Waals surface area contributed by atoms with Crippen LogP contribution in [0.3, 0.4) is 0 Å². The third-order valence-corrected chi connectivity index (χ3v) is 5.39. The van der Waals surface area contributed by atoms with Crippen molar-refractivity contribution >= 4 is 39.1 Å². The molecule has 1 saturated heterocycles. The van der Waals surface area contributed by atoms with E-state index in [0.29, 0.717) is 11.4 Å². The van der Waals surface area contributed by atoms with Gasteiger partial charge in [-0.3, -0.25) is 9.59 Å². The number of halogens is 1. The van der Waals surface area contributed by atoms with Gasteiger partial charge in [0.1, 0.15) is 5.75 Å². The van der Waals surface area contributed by atoms with Crippen molar-refractivity contribution in [2.75, 3.05) is 17.0 Å². The monoisotopic (exact) mass is 414 g/mol. The second kappa shape index (κ2) is 6.21. The number of hydrogen-bond donors (Lipinski definition) is 0. The van der Waals surface area contributed by atoms with Gasteiger partial charge in [0.15, 0.2) is 12.1 Å². The first-order valence-corrected chi connectivity index (χ1v) is 8.78. The van der Waals surface area contributed by atoms with Gasteiger partial charge >= 0.3 is 0 Å². The van der Waals surface area contributed by atoms with Crippen LogP contribution in [0.5, 0.6) is 5.75 Å². The number of benzene rings is 2. The molecule has 2 amide bonds. The number of carbonyl (C=O) groups excluding carboxylic acids is 2. The number of amides is 2. The fourth-order valence-corrected chi connectivity index (χ4v) is 3.40. The number of nitrogens with zero attached hydrogens (tertiary/aromatic N) is 4. The standard InChI is InChI=1S/C18H15BrN4O3/c1-10-8-12(6-7-14(10)19)23-16-15(20-21-23)17(24)22(18(16)25)11-4-3-5-13(9-11)26-2/h3-9,15-16H,1-2H3/t15-,16-/m1/s1. The molecule has 0 radical (unpaired) electrons. The Balaban J connectivity index is 1.70. The summed E-state index contributed by atoms with van der Waals surface area (Å²) in [5, 5.41) is 9.65. The van der Waals surface area contributed by atoms with Crippen LogP contribution in [-0.2, 0) is 9.59 Å². The SMILES string of the molecule is COc1cccc(N2C(=O)[C@@H]3N=NN(c4ccc(Br)c(C)c4)[C@H]3C2=O)c1. The van der Waals surface area contributed by atoms with Crippen LogP contribution in [0.25, 0.3) is 0 Å². The van der Waals surface area contributed by atoms with Crippen molar-refractivity contribution in [2.24, 2.45) is 10.3 Å². The van der Waals surface area contributed by atoms with E-state index in [1.165, 1.54) is 12.1 Å². The molecule has 0 N–H and O–H groups in total. The average molecular weight is 415 g/mol. The first-order valence-electron chi connectivity index (χ1n) is 7.99. The molecule has 0 unspecified atom stereocenters. The minimum atomic E-state index is -0.836. The Morgan fingerprint density at radius 3 is 2.62 bits per heavy atom. The van der Waals surface area contributed by atoms with Crippen LogP contribution < -0.4 is 14.6 Å². The molecule has 8 heteroatoms. The third kappa shape index (κ3) is 2.48. The van der Waals surface area contributed by atoms with Gasteiger partial charge < -0.3 is 4.74 Å². The predicted octanol–water partition coefficient (Wildman–Crippen LogP) is 3.26. The van der Waals surface area contributed by atoms with Gasteiger partial charge in [0.05, 0.1) is 18.5 Å². The van der Waals surface area contributed by atoms with Crippen LogP contribution in [0.2, 0.25) is 0 Å². The number of imide groups is 1. The van der Waals surface area contributed by atoms with Crippen LogP contribution in [-0.4, -0.2) is 31.0 Å². The lowest BCUT2D eigenvalue weighted by molar-refractivity contribution is -0.121. The Kier molecular flexibility index (Phi) is 3.99. The maximum atomic E-state index is 13.0. The van der Waals surface area contributed by atoms with Gasteiger partial charge in [-0.1, -0.05) is 27.2 Å². The molecule has 2 heterocycles. The maximum Gasteiger partial charge on any atom is 0.263 e. The van der Waals surface area contributed by atoms with Crippen LogP contribution in [0, 0.1) is 6.92 Å². The normalized spacial score (nSPS) is 21.5. The van der Waals surface area contributed by atoms with E-state index in [0.717, 1.165) is 20.6 Å². The molecule has 2 aliphatic heterocycles. The van der Waals surface area contributed by atoms with E-state index in [4.69, 9.17) is 4.74 Å². The molecular weight excluding hydrogens is 400 g/mol. The summed E-state index contributed by atoms with van der Waals surface area (Å²) in [4.78, 5) is 27.0. The number of aryl methyl sites for hydroxylation is 1. The summed E-state index contributed by atoms with van der Waals surface area (Å²) in [6, 6.07) is 10.9. The first-order chi connectivity index (χ1) is 12.5. The number of methoxy groups -OCH3 is 1. The zero-order valence-corrected chi connectivity index (χ0v) is 15.7. The summed E-state index contributed by atoms with van der Waals surface area (Å²) >= 11 is 3.46. The van der Waals surface area contributed by atoms with E-state index in [1.54, 1.807) is 24.3 Å². The molecule has 2 aromatic rings. The summed E-state index contributed by atoms with van der Waals surface area (Å²) in [6.45, 7) is 1.95. The Labute approximate surface area is 158 Å². The number of rotatable bonds is 3. The van der Waals surface area contributed by atoms with Gasteiger partial charge in [-0.15, -0.1) is 0 Å². The zero-order valence-electron chi connectivity index (χ0n) is 14.1. The lowest BCUT2D eigenvalue weighted by atomic mass is 10.1. The van der Waals surface area contributed by atoms with Crippen molar-refractivity contribution in [3.63, 3.8) is 0 Å². The molecule has 132 valence electrons.